The van der Waals surface area contributed by atoms with Gasteiger partial charge in [-0.15, -0.1) is 13.2 Å². The molecule has 1 unspecified atom stereocenters. The largest absolute Gasteiger partial charge is 0.493 e. The highest BCUT2D eigenvalue weighted by atomic mass is 19.1. The van der Waals surface area contributed by atoms with Crippen LogP contribution in [-0.4, -0.2) is 12.8 Å². The highest BCUT2D eigenvalue weighted by molar-refractivity contribution is 5.99. The van der Waals surface area contributed by atoms with E-state index in [2.05, 4.69) is 62.1 Å². The number of nitrogens with two attached hydrogens (primary N) is 1. The summed E-state index contributed by atoms with van der Waals surface area (Å²) in [6, 6.07) is 20.2. The second-order valence-corrected chi connectivity index (χ2v) is 14.7. The van der Waals surface area contributed by atoms with Gasteiger partial charge in [0.1, 0.15) is 36.4 Å². The van der Waals surface area contributed by atoms with E-state index in [0.717, 1.165) is 56.5 Å². The molecular formula is C49H58FN3O3. The van der Waals surface area contributed by atoms with Crippen LogP contribution < -0.4 is 16.4 Å². The van der Waals surface area contributed by atoms with Crippen LogP contribution in [0.2, 0.25) is 0 Å². The van der Waals surface area contributed by atoms with Gasteiger partial charge in [-0.1, -0.05) is 117 Å². The molecule has 0 radical (unpaired) electrons. The number of allylic oxidation sites excluding steroid dienone is 15. The van der Waals surface area contributed by atoms with E-state index in [1.165, 1.54) is 13.1 Å². The molecule has 1 atom stereocenters. The van der Waals surface area contributed by atoms with E-state index >= 15 is 0 Å². The molecule has 6 rings (SSSR count). The van der Waals surface area contributed by atoms with Gasteiger partial charge in [0.25, 0.3) is 0 Å². The molecule has 2 aromatic carbocycles. The fourth-order valence-corrected chi connectivity index (χ4v) is 6.97. The minimum atomic E-state index is -0.412. The van der Waals surface area contributed by atoms with E-state index in [1.54, 1.807) is 12.2 Å². The Morgan fingerprint density at radius 2 is 1.57 bits per heavy atom. The molecule has 6 nitrogen and oxygen atoms in total. The third-order valence-electron chi connectivity index (χ3n) is 9.34. The number of ketones is 1. The first-order valence-electron chi connectivity index (χ1n) is 19.2. The number of halogens is 1. The molecule has 2 aromatic rings. The van der Waals surface area contributed by atoms with Crippen molar-refractivity contribution in [2.45, 2.75) is 72.5 Å². The maximum absolute atomic E-state index is 14.7. The number of carbonyl (C=O) groups excluding carboxylic acids is 1. The topological polar surface area (TPSA) is 85.6 Å². The summed E-state index contributed by atoms with van der Waals surface area (Å²) in [5, 5.41) is 7.16. The van der Waals surface area contributed by atoms with Crippen LogP contribution in [0.3, 0.4) is 0 Å². The van der Waals surface area contributed by atoms with Gasteiger partial charge >= 0.3 is 0 Å². The van der Waals surface area contributed by atoms with Crippen molar-refractivity contribution in [2.24, 2.45) is 17.1 Å². The quantitative estimate of drug-likeness (QED) is 0.177. The smallest absolute Gasteiger partial charge is 0.162 e. The van der Waals surface area contributed by atoms with Crippen LogP contribution in [0.15, 0.2) is 192 Å². The third-order valence-corrected chi connectivity index (χ3v) is 9.34. The first-order valence-corrected chi connectivity index (χ1v) is 19.2. The molecule has 294 valence electrons. The van der Waals surface area contributed by atoms with Crippen molar-refractivity contribution in [3.05, 3.63) is 203 Å². The molecule has 7 heteroatoms. The van der Waals surface area contributed by atoms with Crippen molar-refractivity contribution in [1.82, 2.24) is 10.6 Å². The maximum Gasteiger partial charge on any atom is 0.162 e. The van der Waals surface area contributed by atoms with Crippen molar-refractivity contribution < 1.29 is 18.7 Å². The molecule has 4 aliphatic rings. The summed E-state index contributed by atoms with van der Waals surface area (Å²) in [6.45, 7) is 18.6. The average molecular weight is 756 g/mol. The SMILES string of the molecule is C=CC.C=CCC(=C)CC1=C(NC2=CC=CCC(F)=C2)NC2=C(C(=O)CC(C)(C)C2)C1C1=CC=C(OCc2ccccc2)CC(OCc2ccccc2)=C1.CN. The summed E-state index contributed by atoms with van der Waals surface area (Å²) in [4.78, 5) is 14.3. The lowest BCUT2D eigenvalue weighted by Crippen LogP contribution is -2.42. The van der Waals surface area contributed by atoms with E-state index in [9.17, 15) is 9.18 Å². The van der Waals surface area contributed by atoms with Crippen LogP contribution in [0.1, 0.15) is 70.4 Å². The summed E-state index contributed by atoms with van der Waals surface area (Å²) in [5.74, 6) is 1.71. The molecule has 4 N–H and O–H groups in total. The van der Waals surface area contributed by atoms with Gasteiger partial charge < -0.3 is 25.8 Å². The number of nitrogens with one attached hydrogen (secondary N) is 2. The summed E-state index contributed by atoms with van der Waals surface area (Å²) in [7, 11) is 1.50. The summed E-state index contributed by atoms with van der Waals surface area (Å²) >= 11 is 0. The number of benzene rings is 2. The fraction of sp³-hybridized carbons (Fsp3) is 0.286. The van der Waals surface area contributed by atoms with Crippen LogP contribution in [-0.2, 0) is 27.5 Å². The van der Waals surface area contributed by atoms with Crippen molar-refractivity contribution >= 4 is 5.78 Å². The molecule has 1 aliphatic heterocycles. The van der Waals surface area contributed by atoms with Crippen LogP contribution in [0.4, 0.5) is 4.39 Å². The van der Waals surface area contributed by atoms with E-state index < -0.39 is 5.92 Å². The van der Waals surface area contributed by atoms with E-state index in [4.69, 9.17) is 9.47 Å². The molecule has 1 heterocycles. The van der Waals surface area contributed by atoms with E-state index in [1.807, 2.05) is 91.9 Å². The number of carbonyl (C=O) groups is 1. The lowest BCUT2D eigenvalue weighted by molar-refractivity contribution is -0.118. The number of hydrogen-bond donors (Lipinski definition) is 3. The van der Waals surface area contributed by atoms with Crippen molar-refractivity contribution in [1.29, 1.82) is 0 Å². The molecule has 0 amide bonds. The highest BCUT2D eigenvalue weighted by Gasteiger charge is 2.42. The Hall–Kier alpha value is -5.66. The van der Waals surface area contributed by atoms with E-state index in [0.29, 0.717) is 51.0 Å². The van der Waals surface area contributed by atoms with Gasteiger partial charge in [0.2, 0.25) is 0 Å². The highest BCUT2D eigenvalue weighted by Crippen LogP contribution is 2.47. The van der Waals surface area contributed by atoms with Crippen LogP contribution in [0.25, 0.3) is 0 Å². The Balaban J connectivity index is 0.00000133. The first kappa shape index (κ1) is 43.1. The molecule has 56 heavy (non-hydrogen) atoms. The van der Waals surface area contributed by atoms with E-state index in [-0.39, 0.29) is 23.4 Å². The summed E-state index contributed by atoms with van der Waals surface area (Å²) in [6.07, 6.45) is 19.7. The average Bonchev–Trinajstić information content (AvgIpc) is 3.52. The predicted octanol–water partition coefficient (Wildman–Crippen LogP) is 11.2. The molecule has 0 saturated heterocycles. The second-order valence-electron chi connectivity index (χ2n) is 14.7. The normalized spacial score (nSPS) is 18.5. The Bertz CT molecular complexity index is 1970. The molecule has 0 aromatic heterocycles. The van der Waals surface area contributed by atoms with Gasteiger partial charge in [-0.2, -0.15) is 0 Å². The third kappa shape index (κ3) is 12.4. The van der Waals surface area contributed by atoms with Crippen molar-refractivity contribution in [3.63, 3.8) is 0 Å². The molecule has 3 aliphatic carbocycles. The minimum Gasteiger partial charge on any atom is -0.493 e. The van der Waals surface area contributed by atoms with Crippen molar-refractivity contribution in [2.75, 3.05) is 7.05 Å². The first-order chi connectivity index (χ1) is 27.1. The number of Topliss-reactive ketones (excluding diaryl/α,β-unsaturated/α-hetero) is 1. The molecular weight excluding hydrogens is 698 g/mol. The Morgan fingerprint density at radius 3 is 2.20 bits per heavy atom. The maximum atomic E-state index is 14.7. The standard InChI is InChI=1S/C45H47FN2O3.C3H6.CH5N/c1-5-14-31(2)23-39-42(43-40(27-45(3,4)28-41(43)49)48-44(39)47-36-20-13-12-19-35(46)25-36)34-21-22-37(50-29-32-15-8-6-9-16-32)26-38(24-34)51-30-33-17-10-7-11-18-33;1-3-2;1-2/h5-13,15-18,20-22,24-25,42,47-48H,1-2,14,19,23,26-30H2,3-4H3;3H,1H2,2H3;2H2,1H3. The Kier molecular flexibility index (Phi) is 16.5. The zero-order chi connectivity index (χ0) is 40.5. The number of rotatable bonds is 13. The second kappa shape index (κ2) is 21.4. The number of hydrogen-bond acceptors (Lipinski definition) is 6. The minimum absolute atomic E-state index is 0.113. The zero-order valence-electron chi connectivity index (χ0n) is 33.5. The van der Waals surface area contributed by atoms with Gasteiger partial charge in [0.05, 0.1) is 6.42 Å². The van der Waals surface area contributed by atoms with Gasteiger partial charge in [0.15, 0.2) is 5.78 Å². The van der Waals surface area contributed by atoms with Gasteiger partial charge in [-0.3, -0.25) is 4.79 Å². The van der Waals surface area contributed by atoms with Crippen LogP contribution in [0, 0.1) is 11.3 Å². The molecule has 0 fully saturated rings. The number of ether oxygens (including phenoxy) is 2. The fourth-order valence-electron chi connectivity index (χ4n) is 6.97. The number of dihydropyridines is 1. The summed E-state index contributed by atoms with van der Waals surface area (Å²) < 4.78 is 27.6. The van der Waals surface area contributed by atoms with Crippen LogP contribution in [0.5, 0.6) is 0 Å². The monoisotopic (exact) mass is 755 g/mol. The zero-order valence-corrected chi connectivity index (χ0v) is 33.5. The van der Waals surface area contributed by atoms with Gasteiger partial charge in [-0.25, -0.2) is 4.39 Å². The van der Waals surface area contributed by atoms with Crippen LogP contribution >= 0.6 is 0 Å². The summed E-state index contributed by atoms with van der Waals surface area (Å²) in [5.41, 5.74) is 11.5. The lowest BCUT2D eigenvalue weighted by Gasteiger charge is -2.41. The van der Waals surface area contributed by atoms with Gasteiger partial charge in [0, 0.05) is 35.7 Å². The predicted molar refractivity (Wildman–Crippen MR) is 229 cm³/mol. The molecule has 0 spiro atoms. The molecule has 0 saturated carbocycles. The Morgan fingerprint density at radius 1 is 0.946 bits per heavy atom. The lowest BCUT2D eigenvalue weighted by atomic mass is 9.68. The van der Waals surface area contributed by atoms with Gasteiger partial charge in [-0.05, 0) is 85.2 Å². The Labute approximate surface area is 333 Å². The van der Waals surface area contributed by atoms with Crippen molar-refractivity contribution in [3.8, 4) is 0 Å². The molecule has 0 bridgehead atoms.